The topological polar surface area (TPSA) is 75.6 Å². The van der Waals surface area contributed by atoms with Gasteiger partial charge in [-0.15, -0.1) is 11.3 Å². The van der Waals surface area contributed by atoms with Crippen molar-refractivity contribution in [3.63, 3.8) is 0 Å². The number of thiophene rings is 1. The quantitative estimate of drug-likeness (QED) is 0.518. The van der Waals surface area contributed by atoms with Crippen molar-refractivity contribution in [2.75, 3.05) is 7.11 Å². The van der Waals surface area contributed by atoms with Gasteiger partial charge in [-0.2, -0.15) is 0 Å². The molecule has 0 bridgehead atoms. The normalized spacial score (nSPS) is 20.0. The minimum Gasteiger partial charge on any atom is -0.507 e. The number of carbonyl (C=O) groups is 2. The van der Waals surface area contributed by atoms with Crippen LogP contribution in [0.4, 0.5) is 0 Å². The molecule has 3 rings (SSSR count). The third kappa shape index (κ3) is 2.37. The summed E-state index contributed by atoms with van der Waals surface area (Å²) < 4.78 is 5.12. The number of hydrogen-bond acceptors (Lipinski definition) is 5. The van der Waals surface area contributed by atoms with E-state index in [4.69, 9.17) is 4.74 Å². The first-order chi connectivity index (χ1) is 10.6. The largest absolute Gasteiger partial charge is 0.507 e. The Morgan fingerprint density at radius 3 is 2.77 bits per heavy atom. The number of Topliss-reactive ketones (excluding diaryl/α,β-unsaturated/α-hetero) is 1. The number of benzene rings is 1. The van der Waals surface area contributed by atoms with E-state index < -0.39 is 17.7 Å². The molecule has 22 heavy (non-hydrogen) atoms. The van der Waals surface area contributed by atoms with Gasteiger partial charge in [0, 0.05) is 10.4 Å². The number of nitrogens with one attached hydrogen (secondary N) is 1. The molecule has 112 valence electrons. The van der Waals surface area contributed by atoms with Crippen molar-refractivity contribution < 1.29 is 19.4 Å². The van der Waals surface area contributed by atoms with Gasteiger partial charge < -0.3 is 15.2 Å². The van der Waals surface area contributed by atoms with Crippen LogP contribution in [0.3, 0.4) is 0 Å². The summed E-state index contributed by atoms with van der Waals surface area (Å²) in [6.45, 7) is 0. The molecule has 0 radical (unpaired) electrons. The lowest BCUT2D eigenvalue weighted by Gasteiger charge is -2.12. The molecule has 1 saturated heterocycles. The zero-order chi connectivity index (χ0) is 15.7. The molecule has 1 aromatic carbocycles. The molecule has 0 saturated carbocycles. The highest BCUT2D eigenvalue weighted by atomic mass is 32.1. The first-order valence-electron chi connectivity index (χ1n) is 6.58. The highest BCUT2D eigenvalue weighted by molar-refractivity contribution is 7.10. The standard InChI is InChI=1S/C16H13NO4S/c1-21-10-5-2-4-9(8-10)14(18)12-13(11-6-3-7-22-11)17-16(20)15(12)19/h2-8,13,18H,1H3,(H,17,20)/t13-/m0/s1. The number of ketones is 1. The Morgan fingerprint density at radius 2 is 2.09 bits per heavy atom. The number of amides is 1. The number of hydrogen-bond donors (Lipinski definition) is 2. The fraction of sp³-hybridized carbons (Fsp3) is 0.125. The van der Waals surface area contributed by atoms with Crippen molar-refractivity contribution in [1.82, 2.24) is 5.32 Å². The Labute approximate surface area is 130 Å². The predicted molar refractivity (Wildman–Crippen MR) is 82.8 cm³/mol. The second-order valence-corrected chi connectivity index (χ2v) is 5.72. The van der Waals surface area contributed by atoms with E-state index >= 15 is 0 Å². The molecule has 1 amide bonds. The van der Waals surface area contributed by atoms with Gasteiger partial charge in [0.1, 0.15) is 11.5 Å². The van der Waals surface area contributed by atoms with Crippen molar-refractivity contribution in [1.29, 1.82) is 0 Å². The van der Waals surface area contributed by atoms with Crippen LogP contribution in [-0.4, -0.2) is 23.9 Å². The third-order valence-electron chi connectivity index (χ3n) is 3.44. The lowest BCUT2D eigenvalue weighted by molar-refractivity contribution is -0.133. The molecular weight excluding hydrogens is 302 g/mol. The van der Waals surface area contributed by atoms with Crippen LogP contribution >= 0.6 is 11.3 Å². The van der Waals surface area contributed by atoms with E-state index in [9.17, 15) is 14.7 Å². The Kier molecular flexibility index (Phi) is 3.68. The van der Waals surface area contributed by atoms with Gasteiger partial charge in [-0.3, -0.25) is 9.59 Å². The molecule has 6 heteroatoms. The minimum absolute atomic E-state index is 0.0701. The SMILES string of the molecule is COc1cccc(C(O)=C2C(=O)C(=O)N[C@H]2c2cccs2)c1. The number of rotatable bonds is 3. The molecule has 1 aliphatic rings. The van der Waals surface area contributed by atoms with Crippen LogP contribution in [0, 0.1) is 0 Å². The molecule has 0 unspecified atom stereocenters. The van der Waals surface area contributed by atoms with Gasteiger partial charge >= 0.3 is 0 Å². The average Bonchev–Trinajstić information content (AvgIpc) is 3.16. The van der Waals surface area contributed by atoms with Gasteiger partial charge in [-0.1, -0.05) is 18.2 Å². The Morgan fingerprint density at radius 1 is 1.27 bits per heavy atom. The lowest BCUT2D eigenvalue weighted by Crippen LogP contribution is -2.20. The van der Waals surface area contributed by atoms with Gasteiger partial charge in [0.05, 0.1) is 18.7 Å². The van der Waals surface area contributed by atoms with Crippen molar-refractivity contribution in [3.05, 3.63) is 57.8 Å². The molecular formula is C16H13NO4S. The van der Waals surface area contributed by atoms with E-state index in [2.05, 4.69) is 5.32 Å². The van der Waals surface area contributed by atoms with Gasteiger partial charge in [-0.05, 0) is 23.6 Å². The number of aliphatic hydroxyl groups is 1. The number of aliphatic hydroxyl groups excluding tert-OH is 1. The van der Waals surface area contributed by atoms with Crippen LogP contribution in [0.25, 0.3) is 5.76 Å². The van der Waals surface area contributed by atoms with Crippen molar-refractivity contribution in [3.8, 4) is 5.75 Å². The molecule has 2 aromatic rings. The first-order valence-corrected chi connectivity index (χ1v) is 7.46. The monoisotopic (exact) mass is 315 g/mol. The van der Waals surface area contributed by atoms with Gasteiger partial charge in [0.15, 0.2) is 0 Å². The van der Waals surface area contributed by atoms with Crippen molar-refractivity contribution >= 4 is 28.8 Å². The summed E-state index contributed by atoms with van der Waals surface area (Å²) in [5, 5.41) is 15.0. The maximum Gasteiger partial charge on any atom is 0.293 e. The van der Waals surface area contributed by atoms with Crippen LogP contribution in [-0.2, 0) is 9.59 Å². The summed E-state index contributed by atoms with van der Waals surface area (Å²) in [5.74, 6) is -1.07. The Balaban J connectivity index is 2.11. The fourth-order valence-corrected chi connectivity index (χ4v) is 3.15. The van der Waals surface area contributed by atoms with E-state index in [1.165, 1.54) is 18.4 Å². The van der Waals surface area contributed by atoms with Gasteiger partial charge in [-0.25, -0.2) is 0 Å². The number of ether oxygens (including phenoxy) is 1. The zero-order valence-corrected chi connectivity index (χ0v) is 12.5. The number of methoxy groups -OCH3 is 1. The molecule has 1 fully saturated rings. The molecule has 2 N–H and O–H groups in total. The second kappa shape index (κ2) is 5.65. The highest BCUT2D eigenvalue weighted by Crippen LogP contribution is 2.35. The summed E-state index contributed by atoms with van der Waals surface area (Å²) in [4.78, 5) is 24.6. The number of carbonyl (C=O) groups excluding carboxylic acids is 2. The van der Waals surface area contributed by atoms with Gasteiger partial charge in [0.25, 0.3) is 11.7 Å². The van der Waals surface area contributed by atoms with Crippen molar-refractivity contribution in [2.45, 2.75) is 6.04 Å². The summed E-state index contributed by atoms with van der Waals surface area (Å²) in [6.07, 6.45) is 0. The fourth-order valence-electron chi connectivity index (χ4n) is 2.36. The molecule has 1 atom stereocenters. The van der Waals surface area contributed by atoms with Crippen LogP contribution in [0.2, 0.25) is 0 Å². The summed E-state index contributed by atoms with van der Waals surface area (Å²) in [7, 11) is 1.52. The summed E-state index contributed by atoms with van der Waals surface area (Å²) in [6, 6.07) is 9.74. The van der Waals surface area contributed by atoms with Gasteiger partial charge in [0.2, 0.25) is 0 Å². The summed E-state index contributed by atoms with van der Waals surface area (Å²) >= 11 is 1.41. The lowest BCUT2D eigenvalue weighted by atomic mass is 10.00. The molecule has 5 nitrogen and oxygen atoms in total. The smallest absolute Gasteiger partial charge is 0.293 e. The van der Waals surface area contributed by atoms with E-state index in [1.54, 1.807) is 24.3 Å². The maximum atomic E-state index is 12.1. The molecule has 1 aromatic heterocycles. The second-order valence-electron chi connectivity index (χ2n) is 4.75. The Bertz CT molecular complexity index is 764. The zero-order valence-electron chi connectivity index (χ0n) is 11.7. The predicted octanol–water partition coefficient (Wildman–Crippen LogP) is 2.47. The van der Waals surface area contributed by atoms with Crippen molar-refractivity contribution in [2.24, 2.45) is 0 Å². The maximum absolute atomic E-state index is 12.1. The van der Waals surface area contributed by atoms with E-state index in [0.717, 1.165) is 4.88 Å². The van der Waals surface area contributed by atoms with Crippen LogP contribution in [0.5, 0.6) is 5.75 Å². The van der Waals surface area contributed by atoms with E-state index in [1.807, 2.05) is 17.5 Å². The van der Waals surface area contributed by atoms with E-state index in [-0.39, 0.29) is 11.3 Å². The molecule has 0 spiro atoms. The molecule has 0 aliphatic carbocycles. The molecule has 1 aliphatic heterocycles. The molecule has 2 heterocycles. The van der Waals surface area contributed by atoms with Crippen LogP contribution in [0.15, 0.2) is 47.4 Å². The first kappa shape index (κ1) is 14.3. The van der Waals surface area contributed by atoms with E-state index in [0.29, 0.717) is 11.3 Å². The third-order valence-corrected chi connectivity index (χ3v) is 4.38. The highest BCUT2D eigenvalue weighted by Gasteiger charge is 2.40. The average molecular weight is 315 g/mol. The van der Waals surface area contributed by atoms with Crippen LogP contribution in [0.1, 0.15) is 16.5 Å². The van der Waals surface area contributed by atoms with Crippen LogP contribution < -0.4 is 10.1 Å². The Hall–Kier alpha value is -2.60. The summed E-state index contributed by atoms with van der Waals surface area (Å²) in [5.41, 5.74) is 0.501. The minimum atomic E-state index is -0.710.